The maximum atomic E-state index is 12.5. The zero-order valence-corrected chi connectivity index (χ0v) is 11.2. The van der Waals surface area contributed by atoms with Crippen LogP contribution in [0, 0.1) is 6.92 Å². The minimum atomic E-state index is -4.30. The quantitative estimate of drug-likeness (QED) is 0.890. The molecule has 5 heteroatoms. The van der Waals surface area contributed by atoms with E-state index in [0.29, 0.717) is 0 Å². The van der Waals surface area contributed by atoms with Gasteiger partial charge in [0.15, 0.2) is 0 Å². The van der Waals surface area contributed by atoms with Gasteiger partial charge < -0.3 is 5.32 Å². The monoisotopic (exact) mass is 280 g/mol. The molecule has 0 aliphatic rings. The Morgan fingerprint density at radius 2 is 1.75 bits per heavy atom. The normalized spacial score (nSPS) is 13.1. The van der Waals surface area contributed by atoms with Crippen LogP contribution in [0.1, 0.15) is 29.8 Å². The number of rotatable bonds is 3. The molecule has 0 spiro atoms. The number of halogens is 3. The number of anilines is 1. The molecule has 1 heterocycles. The van der Waals surface area contributed by atoms with Gasteiger partial charge in [-0.15, -0.1) is 0 Å². The molecule has 106 valence electrons. The number of alkyl halides is 3. The zero-order chi connectivity index (χ0) is 14.8. The smallest absolute Gasteiger partial charge is 0.377 e. The van der Waals surface area contributed by atoms with E-state index >= 15 is 0 Å². The van der Waals surface area contributed by atoms with Crippen LogP contribution in [-0.2, 0) is 6.18 Å². The molecule has 0 aliphatic carbocycles. The predicted molar refractivity (Wildman–Crippen MR) is 72.5 cm³/mol. The molecule has 1 unspecified atom stereocenters. The summed E-state index contributed by atoms with van der Waals surface area (Å²) in [6, 6.07) is 8.80. The summed E-state index contributed by atoms with van der Waals surface area (Å²) in [7, 11) is 0. The molecule has 20 heavy (non-hydrogen) atoms. The van der Waals surface area contributed by atoms with Gasteiger partial charge in [-0.1, -0.05) is 12.1 Å². The summed E-state index contributed by atoms with van der Waals surface area (Å²) in [5.74, 6) is 0. The van der Waals surface area contributed by atoms with Crippen molar-refractivity contribution in [2.45, 2.75) is 26.1 Å². The van der Waals surface area contributed by atoms with Crippen LogP contribution in [0.3, 0.4) is 0 Å². The molecule has 0 aliphatic heterocycles. The summed E-state index contributed by atoms with van der Waals surface area (Å²) in [5.41, 5.74) is 1.89. The zero-order valence-electron chi connectivity index (χ0n) is 11.2. The van der Waals surface area contributed by atoms with Gasteiger partial charge in [-0.05, 0) is 43.7 Å². The predicted octanol–water partition coefficient (Wildman–Crippen LogP) is 4.58. The number of hydrogen-bond donors (Lipinski definition) is 1. The lowest BCUT2D eigenvalue weighted by molar-refractivity contribution is -0.137. The van der Waals surface area contributed by atoms with Gasteiger partial charge in [0, 0.05) is 12.2 Å². The molecule has 0 fully saturated rings. The lowest BCUT2D eigenvalue weighted by atomic mass is 10.1. The molecule has 2 rings (SSSR count). The van der Waals surface area contributed by atoms with Gasteiger partial charge in [-0.3, -0.25) is 4.98 Å². The molecule has 0 bridgehead atoms. The first-order chi connectivity index (χ1) is 9.38. The number of pyridine rings is 1. The highest BCUT2D eigenvalue weighted by Gasteiger charge is 2.30. The van der Waals surface area contributed by atoms with Crippen molar-refractivity contribution in [1.82, 2.24) is 4.98 Å². The first-order valence-electron chi connectivity index (χ1n) is 6.23. The van der Waals surface area contributed by atoms with Crippen molar-refractivity contribution in [2.24, 2.45) is 0 Å². The van der Waals surface area contributed by atoms with Crippen molar-refractivity contribution in [1.29, 1.82) is 0 Å². The average Bonchev–Trinajstić information content (AvgIpc) is 2.40. The standard InChI is InChI=1S/C15H15F3N2/c1-10(20-14-4-3-9-19-11(14)2)12-5-7-13(8-6-12)15(16,17)18/h3-10,20H,1-2H3. The Bertz CT molecular complexity index is 576. The second-order valence-electron chi connectivity index (χ2n) is 4.62. The Balaban J connectivity index is 2.14. The van der Waals surface area contributed by atoms with Crippen LogP contribution in [0.5, 0.6) is 0 Å². The highest BCUT2D eigenvalue weighted by Crippen LogP contribution is 2.30. The van der Waals surface area contributed by atoms with E-state index < -0.39 is 11.7 Å². The maximum absolute atomic E-state index is 12.5. The van der Waals surface area contributed by atoms with Gasteiger partial charge in [0.2, 0.25) is 0 Å². The van der Waals surface area contributed by atoms with Gasteiger partial charge in [0.25, 0.3) is 0 Å². The first-order valence-corrected chi connectivity index (χ1v) is 6.23. The van der Waals surface area contributed by atoms with Crippen molar-refractivity contribution in [3.63, 3.8) is 0 Å². The van der Waals surface area contributed by atoms with Gasteiger partial charge in [-0.2, -0.15) is 13.2 Å². The molecule has 1 aromatic heterocycles. The van der Waals surface area contributed by atoms with E-state index in [1.807, 2.05) is 26.0 Å². The van der Waals surface area contributed by atoms with Gasteiger partial charge in [0.1, 0.15) is 0 Å². The van der Waals surface area contributed by atoms with Crippen LogP contribution in [0.15, 0.2) is 42.6 Å². The fourth-order valence-electron chi connectivity index (χ4n) is 1.91. The number of aryl methyl sites for hydroxylation is 1. The summed E-state index contributed by atoms with van der Waals surface area (Å²) in [5, 5.41) is 3.24. The van der Waals surface area contributed by atoms with Gasteiger partial charge in [-0.25, -0.2) is 0 Å². The fourth-order valence-corrected chi connectivity index (χ4v) is 1.91. The molecule has 2 aromatic rings. The van der Waals surface area contributed by atoms with Crippen LogP contribution in [0.4, 0.5) is 18.9 Å². The minimum absolute atomic E-state index is 0.0971. The lowest BCUT2D eigenvalue weighted by Gasteiger charge is -2.17. The second-order valence-corrected chi connectivity index (χ2v) is 4.62. The van der Waals surface area contributed by atoms with Crippen LogP contribution < -0.4 is 5.32 Å². The Hall–Kier alpha value is -2.04. The number of benzene rings is 1. The molecular formula is C15H15F3N2. The van der Waals surface area contributed by atoms with E-state index in [0.717, 1.165) is 29.1 Å². The van der Waals surface area contributed by atoms with E-state index in [9.17, 15) is 13.2 Å². The third-order valence-electron chi connectivity index (χ3n) is 3.12. The van der Waals surface area contributed by atoms with E-state index in [1.165, 1.54) is 12.1 Å². The topological polar surface area (TPSA) is 24.9 Å². The van der Waals surface area contributed by atoms with Crippen molar-refractivity contribution >= 4 is 5.69 Å². The summed E-state index contributed by atoms with van der Waals surface area (Å²) < 4.78 is 37.5. The Kier molecular flexibility index (Phi) is 3.97. The number of aromatic nitrogens is 1. The Morgan fingerprint density at radius 3 is 2.30 bits per heavy atom. The van der Waals surface area contributed by atoms with Crippen LogP contribution in [0.2, 0.25) is 0 Å². The van der Waals surface area contributed by atoms with Crippen molar-refractivity contribution in [3.05, 3.63) is 59.4 Å². The SMILES string of the molecule is Cc1ncccc1NC(C)c1ccc(C(F)(F)F)cc1. The maximum Gasteiger partial charge on any atom is 0.416 e. The largest absolute Gasteiger partial charge is 0.416 e. The lowest BCUT2D eigenvalue weighted by Crippen LogP contribution is -2.09. The molecule has 0 saturated carbocycles. The molecule has 0 amide bonds. The Labute approximate surface area is 115 Å². The number of nitrogens with zero attached hydrogens (tertiary/aromatic N) is 1. The summed E-state index contributed by atoms with van der Waals surface area (Å²) in [6.45, 7) is 3.77. The second kappa shape index (κ2) is 5.53. The van der Waals surface area contributed by atoms with E-state index in [4.69, 9.17) is 0 Å². The van der Waals surface area contributed by atoms with Gasteiger partial charge >= 0.3 is 6.18 Å². The third kappa shape index (κ3) is 3.29. The highest BCUT2D eigenvalue weighted by atomic mass is 19.4. The Morgan fingerprint density at radius 1 is 1.10 bits per heavy atom. The van der Waals surface area contributed by atoms with E-state index in [2.05, 4.69) is 10.3 Å². The van der Waals surface area contributed by atoms with Gasteiger partial charge in [0.05, 0.1) is 16.9 Å². The summed E-state index contributed by atoms with van der Waals surface area (Å²) in [4.78, 5) is 4.16. The summed E-state index contributed by atoms with van der Waals surface area (Å²) in [6.07, 6.45) is -2.60. The fraction of sp³-hybridized carbons (Fsp3) is 0.267. The molecule has 1 N–H and O–H groups in total. The number of nitrogens with one attached hydrogen (secondary N) is 1. The minimum Gasteiger partial charge on any atom is -0.377 e. The average molecular weight is 280 g/mol. The van der Waals surface area contributed by atoms with Crippen LogP contribution in [-0.4, -0.2) is 4.98 Å². The van der Waals surface area contributed by atoms with E-state index in [1.54, 1.807) is 6.20 Å². The highest BCUT2D eigenvalue weighted by molar-refractivity contribution is 5.48. The molecule has 1 atom stereocenters. The number of hydrogen-bond acceptors (Lipinski definition) is 2. The third-order valence-corrected chi connectivity index (χ3v) is 3.12. The van der Waals surface area contributed by atoms with Crippen LogP contribution >= 0.6 is 0 Å². The molecular weight excluding hydrogens is 265 g/mol. The molecule has 0 saturated heterocycles. The summed E-state index contributed by atoms with van der Waals surface area (Å²) >= 11 is 0. The molecule has 1 aromatic carbocycles. The molecule has 0 radical (unpaired) electrons. The van der Waals surface area contributed by atoms with Crippen molar-refractivity contribution < 1.29 is 13.2 Å². The molecule has 2 nitrogen and oxygen atoms in total. The van der Waals surface area contributed by atoms with Crippen LogP contribution in [0.25, 0.3) is 0 Å². The first kappa shape index (κ1) is 14.4. The van der Waals surface area contributed by atoms with Crippen molar-refractivity contribution in [2.75, 3.05) is 5.32 Å². The van der Waals surface area contributed by atoms with E-state index in [-0.39, 0.29) is 6.04 Å². The van der Waals surface area contributed by atoms with Crippen molar-refractivity contribution in [3.8, 4) is 0 Å².